The normalized spacial score (nSPS) is 32.2. The molecule has 6 aliphatic rings. The van der Waals surface area contributed by atoms with Crippen molar-refractivity contribution in [1.82, 2.24) is 28.7 Å². The number of aryl methyl sites for hydroxylation is 3. The van der Waals surface area contributed by atoms with Crippen LogP contribution in [0.4, 0.5) is 0 Å². The second-order valence-corrected chi connectivity index (χ2v) is 17.2. The summed E-state index contributed by atoms with van der Waals surface area (Å²) in [6.07, 6.45) is 2.55. The van der Waals surface area contributed by atoms with Crippen molar-refractivity contribution in [3.8, 4) is 0 Å². The van der Waals surface area contributed by atoms with E-state index < -0.39 is 75.3 Å². The highest BCUT2D eigenvalue weighted by Crippen LogP contribution is 2.49. The van der Waals surface area contributed by atoms with Gasteiger partial charge in [0.05, 0.1) is 64.9 Å². The van der Waals surface area contributed by atoms with Crippen molar-refractivity contribution in [2.75, 3.05) is 59.6 Å². The quantitative estimate of drug-likeness (QED) is 0.200. The van der Waals surface area contributed by atoms with Crippen molar-refractivity contribution in [2.45, 2.75) is 119 Å². The SMILES string of the molecule is C.C.C.C.CC[C@@]12COCC([C@H](n3cc(C)c(=O)[nH]c3=O)O1)[C@H]2O.Cc1cn([C@@H]2OC3(COCOC3)[C@H](C)C2CO)c(=O)[nH]c1=O.Cc1cn([C@@H]2O[C@@]3(CO)COCC2[C@H]3C)c(=O)[nH]c1=O. The van der Waals surface area contributed by atoms with Gasteiger partial charge in [0.25, 0.3) is 16.7 Å². The van der Waals surface area contributed by atoms with Gasteiger partial charge in [0, 0.05) is 47.1 Å². The maximum Gasteiger partial charge on any atom is 0.330 e. The molecule has 0 saturated carbocycles. The van der Waals surface area contributed by atoms with Crippen molar-refractivity contribution >= 4 is 0 Å². The topological polar surface area (TPSA) is 290 Å². The molecule has 22 nitrogen and oxygen atoms in total. The van der Waals surface area contributed by atoms with Gasteiger partial charge in [-0.2, -0.15) is 0 Å². The molecule has 4 bridgehead atoms. The van der Waals surface area contributed by atoms with Crippen molar-refractivity contribution in [3.63, 3.8) is 0 Å². The maximum absolute atomic E-state index is 12.1. The standard InChI is InChI=1S/C14H20N2O6.2C13H18N2O5.4CH4/c1-8-3-16(13(19)15-11(8)18)12-10(4-17)9(2)14(22-12)5-20-7-21-6-14;1-7-3-15(12(18)14-10(7)17)11-9-4-19-6-13(5-16,20-11)8(9)2;1-3-13-6-19-5-8(9(13)16)11(20-13)15-4-7(2)10(17)14-12(15)18;;;;/h3,9-10,12,17H,4-7H2,1-2H3,(H,15,18,19);3,8-9,11,16H,4-6H2,1-2H3,(H,14,17,18);4,8-9,11,16H,3,5-6H2,1-2H3,(H,14,17,18);4*1H4/t9-,10?,12-;8-,9?,11-,13+;8?,9-,11-,13+;;;;/m111..../s1. The number of ether oxygens (including phenoxy) is 7. The maximum atomic E-state index is 12.1. The first-order valence-corrected chi connectivity index (χ1v) is 20.7. The summed E-state index contributed by atoms with van der Waals surface area (Å²) in [5.74, 6) is -0.633. The number of aliphatic hydroxyl groups is 3. The predicted octanol–water partition coefficient (Wildman–Crippen LogP) is 0.823. The van der Waals surface area contributed by atoms with E-state index in [0.717, 1.165) is 0 Å². The molecule has 6 fully saturated rings. The van der Waals surface area contributed by atoms with E-state index in [2.05, 4.69) is 15.0 Å². The molecule has 6 aliphatic heterocycles. The van der Waals surface area contributed by atoms with E-state index in [9.17, 15) is 44.1 Å². The molecule has 6 N–H and O–H groups in total. The van der Waals surface area contributed by atoms with Crippen LogP contribution in [0, 0.1) is 50.4 Å². The third kappa shape index (κ3) is 9.80. The van der Waals surface area contributed by atoms with E-state index in [0.29, 0.717) is 62.8 Å². The summed E-state index contributed by atoms with van der Waals surface area (Å²) < 4.78 is 43.8. The van der Waals surface area contributed by atoms with Crippen LogP contribution in [-0.4, -0.2) is 127 Å². The fourth-order valence-corrected chi connectivity index (χ4v) is 9.35. The number of nitrogens with one attached hydrogen (secondary N) is 3. The Bertz CT molecular complexity index is 2360. The fourth-order valence-electron chi connectivity index (χ4n) is 9.35. The minimum atomic E-state index is -0.767. The second-order valence-electron chi connectivity index (χ2n) is 17.2. The summed E-state index contributed by atoms with van der Waals surface area (Å²) in [5.41, 5.74) is -3.76. The van der Waals surface area contributed by atoms with Gasteiger partial charge in [-0.05, 0) is 39.0 Å². The smallest absolute Gasteiger partial charge is 0.330 e. The average Bonchev–Trinajstić information content (AvgIpc) is 3.61. The molecule has 6 saturated heterocycles. The lowest BCUT2D eigenvalue weighted by atomic mass is 9.81. The molecule has 0 aliphatic carbocycles. The van der Waals surface area contributed by atoms with Gasteiger partial charge in [-0.15, -0.1) is 0 Å². The molecule has 1 spiro atoms. The fraction of sp³-hybridized carbons (Fsp3) is 0.727. The summed E-state index contributed by atoms with van der Waals surface area (Å²) in [6.45, 7) is 12.8. The monoisotopic (exact) mass is 941 g/mol. The van der Waals surface area contributed by atoms with Crippen molar-refractivity contribution < 1.29 is 48.5 Å². The first kappa shape index (κ1) is 56.0. The molecule has 9 heterocycles. The highest BCUT2D eigenvalue weighted by Gasteiger charge is 2.58. The van der Waals surface area contributed by atoms with Crippen molar-refractivity contribution in [2.24, 2.45) is 29.6 Å². The third-order valence-corrected chi connectivity index (χ3v) is 13.6. The molecule has 0 radical (unpaired) electrons. The largest absolute Gasteiger partial charge is 0.396 e. The Balaban J connectivity index is 0.000000255. The molecular weight excluding hydrogens is 869 g/mol. The highest BCUT2D eigenvalue weighted by atomic mass is 16.7. The van der Waals surface area contributed by atoms with Crippen molar-refractivity contribution in [1.29, 1.82) is 0 Å². The Morgan fingerprint density at radius 1 is 0.606 bits per heavy atom. The zero-order valence-electron chi connectivity index (χ0n) is 35.5. The van der Waals surface area contributed by atoms with Crippen LogP contribution in [0.2, 0.25) is 0 Å². The van der Waals surface area contributed by atoms with Gasteiger partial charge in [-0.1, -0.05) is 50.5 Å². The third-order valence-electron chi connectivity index (χ3n) is 13.6. The zero-order valence-corrected chi connectivity index (χ0v) is 35.5. The van der Waals surface area contributed by atoms with E-state index in [1.807, 2.05) is 20.8 Å². The first-order chi connectivity index (χ1) is 29.4. The van der Waals surface area contributed by atoms with Gasteiger partial charge in [0.2, 0.25) is 0 Å². The molecule has 374 valence electrons. The number of rotatable bonds is 6. The second kappa shape index (κ2) is 21.7. The molecular formula is C44H72N6O16. The van der Waals surface area contributed by atoms with Gasteiger partial charge >= 0.3 is 17.1 Å². The van der Waals surface area contributed by atoms with Crippen LogP contribution in [0.15, 0.2) is 47.4 Å². The molecule has 3 unspecified atom stereocenters. The van der Waals surface area contributed by atoms with Crippen LogP contribution >= 0.6 is 0 Å². The molecule has 3 aromatic rings. The first-order valence-electron chi connectivity index (χ1n) is 20.7. The summed E-state index contributed by atoms with van der Waals surface area (Å²) in [5, 5.41) is 29.8. The molecule has 3 aromatic heterocycles. The van der Waals surface area contributed by atoms with E-state index in [1.165, 1.54) is 32.3 Å². The number of hydrogen-bond acceptors (Lipinski definition) is 16. The number of hydrogen-bond donors (Lipinski definition) is 6. The molecule has 66 heavy (non-hydrogen) atoms. The van der Waals surface area contributed by atoms with Crippen LogP contribution in [-0.2, 0) is 33.2 Å². The molecule has 0 aromatic carbocycles. The van der Waals surface area contributed by atoms with E-state index in [4.69, 9.17) is 33.2 Å². The lowest BCUT2D eigenvalue weighted by Gasteiger charge is -2.36. The van der Waals surface area contributed by atoms with Crippen molar-refractivity contribution in [3.05, 3.63) is 97.8 Å². The van der Waals surface area contributed by atoms with Crippen LogP contribution in [0.3, 0.4) is 0 Å². The lowest BCUT2D eigenvalue weighted by Crippen LogP contribution is -2.49. The van der Waals surface area contributed by atoms with Crippen LogP contribution in [0.5, 0.6) is 0 Å². The zero-order chi connectivity index (χ0) is 44.9. The summed E-state index contributed by atoms with van der Waals surface area (Å²) in [6, 6.07) is 0. The number of aromatic amines is 3. The Hall–Kier alpha value is -4.36. The Kier molecular flexibility index (Phi) is 18.4. The van der Waals surface area contributed by atoms with E-state index in [-0.39, 0.29) is 79.3 Å². The number of aromatic nitrogens is 6. The van der Waals surface area contributed by atoms with Gasteiger partial charge in [0.15, 0.2) is 0 Å². The minimum Gasteiger partial charge on any atom is -0.396 e. The summed E-state index contributed by atoms with van der Waals surface area (Å²) >= 11 is 0. The Morgan fingerprint density at radius 2 is 1.03 bits per heavy atom. The average molecular weight is 941 g/mol. The van der Waals surface area contributed by atoms with Gasteiger partial charge < -0.3 is 48.5 Å². The molecule has 9 rings (SSSR count). The lowest BCUT2D eigenvalue weighted by molar-refractivity contribution is -0.230. The summed E-state index contributed by atoms with van der Waals surface area (Å²) in [4.78, 5) is 77.3. The highest BCUT2D eigenvalue weighted by molar-refractivity contribution is 5.09. The predicted molar refractivity (Wildman–Crippen MR) is 241 cm³/mol. The van der Waals surface area contributed by atoms with Gasteiger partial charge in [-0.25, -0.2) is 14.4 Å². The summed E-state index contributed by atoms with van der Waals surface area (Å²) in [7, 11) is 0. The minimum absolute atomic E-state index is 0. The number of H-pyrrole nitrogens is 3. The van der Waals surface area contributed by atoms with Crippen LogP contribution in [0.25, 0.3) is 0 Å². The molecule has 0 amide bonds. The number of nitrogens with zero attached hydrogens (tertiary/aromatic N) is 3. The van der Waals surface area contributed by atoms with Gasteiger partial charge in [0.1, 0.15) is 42.3 Å². The van der Waals surface area contributed by atoms with Crippen LogP contribution < -0.4 is 33.7 Å². The van der Waals surface area contributed by atoms with E-state index >= 15 is 0 Å². The number of aliphatic hydroxyl groups excluding tert-OH is 3. The number of fused-ring (bicyclic) bond motifs is 4. The van der Waals surface area contributed by atoms with Gasteiger partial charge in [-0.3, -0.25) is 43.0 Å². The molecule has 22 heteroatoms. The van der Waals surface area contributed by atoms with E-state index in [1.54, 1.807) is 20.8 Å². The van der Waals surface area contributed by atoms with Crippen LogP contribution in [0.1, 0.15) is 92.3 Å². The molecule has 11 atom stereocenters. The Labute approximate surface area is 382 Å². The Morgan fingerprint density at radius 3 is 1.45 bits per heavy atom.